The summed E-state index contributed by atoms with van der Waals surface area (Å²) in [6.07, 6.45) is 0.737. The first-order valence-corrected chi connectivity index (χ1v) is 5.11. The van der Waals surface area contributed by atoms with Gasteiger partial charge in [-0.15, -0.1) is 6.58 Å². The maximum absolute atomic E-state index is 6.01. The van der Waals surface area contributed by atoms with Crippen LogP contribution in [-0.2, 0) is 0 Å². The van der Waals surface area contributed by atoms with Crippen molar-refractivity contribution < 1.29 is 0 Å². The van der Waals surface area contributed by atoms with Gasteiger partial charge in [0.2, 0.25) is 0 Å². The number of hydrogen-bond acceptors (Lipinski definition) is 1. The lowest BCUT2D eigenvalue weighted by molar-refractivity contribution is 0.717. The van der Waals surface area contributed by atoms with Crippen LogP contribution in [0.5, 0.6) is 0 Å². The molecule has 0 bridgehead atoms. The zero-order valence-electron chi connectivity index (χ0n) is 8.06. The molecule has 0 fully saturated rings. The summed E-state index contributed by atoms with van der Waals surface area (Å²) in [6.45, 7) is 5.77. The second kappa shape index (κ2) is 4.83. The van der Waals surface area contributed by atoms with Crippen LogP contribution in [-0.4, -0.2) is 0 Å². The third kappa shape index (κ3) is 3.02. The van der Waals surface area contributed by atoms with Gasteiger partial charge in [-0.2, -0.15) is 0 Å². The molecular weight excluding hydrogens is 217 g/mol. The highest BCUT2D eigenvalue weighted by Gasteiger charge is 2.10. The summed E-state index contributed by atoms with van der Waals surface area (Å²) in [5.74, 6) is 0. The lowest BCUT2D eigenvalue weighted by Gasteiger charge is -2.13. The Hall–Kier alpha value is -0.500. The van der Waals surface area contributed by atoms with Crippen molar-refractivity contribution in [1.29, 1.82) is 0 Å². The third-order valence-corrected chi connectivity index (χ3v) is 2.49. The Morgan fingerprint density at radius 1 is 1.50 bits per heavy atom. The summed E-state index contributed by atoms with van der Waals surface area (Å²) in [5, 5.41) is 1.24. The normalized spacial score (nSPS) is 12.6. The molecule has 2 N–H and O–H groups in total. The monoisotopic (exact) mass is 229 g/mol. The van der Waals surface area contributed by atoms with Crippen molar-refractivity contribution in [3.63, 3.8) is 0 Å². The van der Waals surface area contributed by atoms with Gasteiger partial charge in [0, 0.05) is 16.1 Å². The zero-order valence-corrected chi connectivity index (χ0v) is 9.57. The molecule has 1 aromatic rings. The largest absolute Gasteiger partial charge is 0.324 e. The van der Waals surface area contributed by atoms with Gasteiger partial charge in [0.15, 0.2) is 0 Å². The Morgan fingerprint density at radius 3 is 2.64 bits per heavy atom. The first-order chi connectivity index (χ1) is 6.50. The standard InChI is InChI=1S/C11H13Cl2N/c1-7(2)5-11(14)9-4-3-8(12)6-10(9)13/h3-4,6,11H,1,5,14H2,2H3/t11-/m0/s1. The summed E-state index contributed by atoms with van der Waals surface area (Å²) in [6, 6.07) is 5.26. The van der Waals surface area contributed by atoms with Crippen molar-refractivity contribution in [3.8, 4) is 0 Å². The van der Waals surface area contributed by atoms with E-state index >= 15 is 0 Å². The van der Waals surface area contributed by atoms with E-state index in [-0.39, 0.29) is 6.04 Å². The molecule has 0 radical (unpaired) electrons. The van der Waals surface area contributed by atoms with Crippen LogP contribution in [0.3, 0.4) is 0 Å². The molecule has 3 heteroatoms. The number of hydrogen-bond donors (Lipinski definition) is 1. The molecule has 0 aliphatic rings. The van der Waals surface area contributed by atoms with Gasteiger partial charge < -0.3 is 5.73 Å². The Balaban J connectivity index is 2.90. The van der Waals surface area contributed by atoms with E-state index in [0.29, 0.717) is 10.0 Å². The highest BCUT2D eigenvalue weighted by atomic mass is 35.5. The van der Waals surface area contributed by atoms with E-state index in [1.165, 1.54) is 0 Å². The average Bonchev–Trinajstić information content (AvgIpc) is 2.01. The van der Waals surface area contributed by atoms with Crippen LogP contribution in [0.25, 0.3) is 0 Å². The smallest absolute Gasteiger partial charge is 0.0468 e. The second-order valence-electron chi connectivity index (χ2n) is 3.43. The van der Waals surface area contributed by atoms with E-state index < -0.39 is 0 Å². The van der Waals surface area contributed by atoms with Gasteiger partial charge in [-0.3, -0.25) is 0 Å². The summed E-state index contributed by atoms with van der Waals surface area (Å²) in [7, 11) is 0. The Morgan fingerprint density at radius 2 is 2.14 bits per heavy atom. The zero-order chi connectivity index (χ0) is 10.7. The molecule has 0 saturated carbocycles. The quantitative estimate of drug-likeness (QED) is 0.781. The van der Waals surface area contributed by atoms with Gasteiger partial charge in [0.05, 0.1) is 0 Å². The first-order valence-electron chi connectivity index (χ1n) is 4.35. The highest BCUT2D eigenvalue weighted by molar-refractivity contribution is 6.35. The lowest BCUT2D eigenvalue weighted by atomic mass is 10.0. The minimum Gasteiger partial charge on any atom is -0.324 e. The van der Waals surface area contributed by atoms with Crippen LogP contribution in [0, 0.1) is 0 Å². The van der Waals surface area contributed by atoms with Crippen molar-refractivity contribution in [2.75, 3.05) is 0 Å². The second-order valence-corrected chi connectivity index (χ2v) is 4.28. The van der Waals surface area contributed by atoms with Crippen LogP contribution in [0.15, 0.2) is 30.4 Å². The van der Waals surface area contributed by atoms with Gasteiger partial charge in [0.25, 0.3) is 0 Å². The van der Waals surface area contributed by atoms with Crippen LogP contribution in [0.1, 0.15) is 24.9 Å². The van der Waals surface area contributed by atoms with Gasteiger partial charge in [-0.05, 0) is 31.0 Å². The van der Waals surface area contributed by atoms with E-state index in [1.54, 1.807) is 12.1 Å². The topological polar surface area (TPSA) is 26.0 Å². The fourth-order valence-electron chi connectivity index (χ4n) is 1.29. The molecule has 0 heterocycles. The van der Waals surface area contributed by atoms with E-state index in [1.807, 2.05) is 13.0 Å². The van der Waals surface area contributed by atoms with Crippen molar-refractivity contribution in [3.05, 3.63) is 46.0 Å². The highest BCUT2D eigenvalue weighted by Crippen LogP contribution is 2.27. The van der Waals surface area contributed by atoms with E-state index in [9.17, 15) is 0 Å². The van der Waals surface area contributed by atoms with Gasteiger partial charge in [0.1, 0.15) is 0 Å². The van der Waals surface area contributed by atoms with Crippen molar-refractivity contribution in [2.24, 2.45) is 5.73 Å². The van der Waals surface area contributed by atoms with E-state index in [0.717, 1.165) is 17.6 Å². The molecule has 0 spiro atoms. The molecule has 0 aliphatic heterocycles. The molecule has 0 aliphatic carbocycles. The third-order valence-electron chi connectivity index (χ3n) is 1.93. The van der Waals surface area contributed by atoms with Gasteiger partial charge in [-0.1, -0.05) is 34.8 Å². The van der Waals surface area contributed by atoms with Crippen LogP contribution in [0.4, 0.5) is 0 Å². The summed E-state index contributed by atoms with van der Waals surface area (Å²) in [4.78, 5) is 0. The molecule has 0 amide bonds. The Labute approximate surface area is 94.5 Å². The van der Waals surface area contributed by atoms with Crippen LogP contribution >= 0.6 is 23.2 Å². The van der Waals surface area contributed by atoms with Gasteiger partial charge >= 0.3 is 0 Å². The first kappa shape index (κ1) is 11.6. The fourth-order valence-corrected chi connectivity index (χ4v) is 1.84. The number of halogens is 2. The van der Waals surface area contributed by atoms with Crippen molar-refractivity contribution in [1.82, 2.24) is 0 Å². The maximum atomic E-state index is 6.01. The van der Waals surface area contributed by atoms with Crippen LogP contribution < -0.4 is 5.73 Å². The molecule has 1 aromatic carbocycles. The summed E-state index contributed by atoms with van der Waals surface area (Å²) < 4.78 is 0. The number of benzene rings is 1. The van der Waals surface area contributed by atoms with Crippen molar-refractivity contribution in [2.45, 2.75) is 19.4 Å². The Bertz CT molecular complexity index is 347. The molecule has 0 aromatic heterocycles. The molecule has 0 unspecified atom stereocenters. The van der Waals surface area contributed by atoms with Gasteiger partial charge in [-0.25, -0.2) is 0 Å². The molecule has 14 heavy (non-hydrogen) atoms. The fraction of sp³-hybridized carbons (Fsp3) is 0.273. The minimum atomic E-state index is -0.0998. The molecule has 1 rings (SSSR count). The predicted octanol–water partition coefficient (Wildman–Crippen LogP) is 3.96. The molecular formula is C11H13Cl2N. The molecule has 76 valence electrons. The van der Waals surface area contributed by atoms with Crippen LogP contribution in [0.2, 0.25) is 10.0 Å². The van der Waals surface area contributed by atoms with E-state index in [4.69, 9.17) is 28.9 Å². The Kier molecular flexibility index (Phi) is 3.99. The summed E-state index contributed by atoms with van der Waals surface area (Å²) in [5.41, 5.74) is 7.92. The molecule has 1 atom stereocenters. The number of rotatable bonds is 3. The lowest BCUT2D eigenvalue weighted by Crippen LogP contribution is -2.10. The minimum absolute atomic E-state index is 0.0998. The summed E-state index contributed by atoms with van der Waals surface area (Å²) >= 11 is 11.8. The van der Waals surface area contributed by atoms with E-state index in [2.05, 4.69) is 6.58 Å². The van der Waals surface area contributed by atoms with Crippen molar-refractivity contribution >= 4 is 23.2 Å². The molecule has 0 saturated heterocycles. The maximum Gasteiger partial charge on any atom is 0.0468 e. The average molecular weight is 230 g/mol. The predicted molar refractivity (Wildman–Crippen MR) is 62.8 cm³/mol. The molecule has 1 nitrogen and oxygen atoms in total. The number of nitrogens with two attached hydrogens (primary N) is 1. The SMILES string of the molecule is C=C(C)C[C@H](N)c1ccc(Cl)cc1Cl.